The predicted molar refractivity (Wildman–Crippen MR) is 324 cm³/mol. The van der Waals surface area contributed by atoms with Crippen molar-refractivity contribution in [2.75, 3.05) is 4.90 Å². The second-order valence-corrected chi connectivity index (χ2v) is 28.3. The number of fused-ring (bicyclic) bond motifs is 9. The summed E-state index contributed by atoms with van der Waals surface area (Å²) in [5, 5.41) is 2.38. The molecule has 0 amide bonds. The molecule has 1 aliphatic carbocycles. The van der Waals surface area contributed by atoms with Gasteiger partial charge in [-0.1, -0.05) is 192 Å². The highest BCUT2D eigenvalue weighted by molar-refractivity contribution is 6.14. The third-order valence-corrected chi connectivity index (χ3v) is 16.6. The lowest BCUT2D eigenvalue weighted by Crippen LogP contribution is -2.41. The fraction of sp³-hybridized carbons (Fsp3) is 0.408. The van der Waals surface area contributed by atoms with Crippen LogP contribution in [0.2, 0.25) is 0 Å². The van der Waals surface area contributed by atoms with Crippen molar-refractivity contribution in [3.05, 3.63) is 183 Å². The second kappa shape index (κ2) is 18.1. The van der Waals surface area contributed by atoms with E-state index in [2.05, 4.69) is 269 Å². The van der Waals surface area contributed by atoms with Crippen molar-refractivity contribution in [3.63, 3.8) is 0 Å². The molecular formula is C71H84N4O. The normalized spacial score (nSPS) is 17.2. The van der Waals surface area contributed by atoms with Crippen LogP contribution in [0.25, 0.3) is 38.8 Å². The van der Waals surface area contributed by atoms with Crippen LogP contribution in [0.3, 0.4) is 0 Å². The fourth-order valence-electron chi connectivity index (χ4n) is 11.9. The molecule has 0 bridgehead atoms. The van der Waals surface area contributed by atoms with Gasteiger partial charge in [-0.15, -0.1) is 0 Å². The number of amidine groups is 1. The highest BCUT2D eigenvalue weighted by atomic mass is 16.5. The minimum Gasteiger partial charge on any atom is -0.457 e. The highest BCUT2D eigenvalue weighted by Crippen LogP contribution is 2.60. The third kappa shape index (κ3) is 9.17. The van der Waals surface area contributed by atoms with Crippen molar-refractivity contribution in [3.8, 4) is 28.4 Å². The maximum atomic E-state index is 7.27. The molecule has 0 unspecified atom stereocenters. The Bertz CT molecular complexity index is 3590. The van der Waals surface area contributed by atoms with Crippen LogP contribution in [0.15, 0.2) is 133 Å². The Balaban J connectivity index is 1.22. The van der Waals surface area contributed by atoms with E-state index in [4.69, 9.17) is 14.7 Å². The molecule has 1 aliphatic heterocycles. The summed E-state index contributed by atoms with van der Waals surface area (Å²) in [5.41, 5.74) is 17.7. The van der Waals surface area contributed by atoms with Gasteiger partial charge in [0.15, 0.2) is 0 Å². The monoisotopic (exact) mass is 1010 g/mol. The van der Waals surface area contributed by atoms with Crippen molar-refractivity contribution in [2.45, 2.75) is 189 Å². The van der Waals surface area contributed by atoms with Gasteiger partial charge >= 0.3 is 0 Å². The van der Waals surface area contributed by atoms with Crippen molar-refractivity contribution in [1.82, 2.24) is 9.55 Å². The molecule has 5 heteroatoms. The standard InChI is InChI=1S/C71H84N4O/c1-42(2)52-22-21-23-53(43(3)4)63(52)75-64-55-28-24-45(66(5,6)7)37-56(55)57-38-46(67(8,9)10)25-30-59(57)71(64,20)73-65(75)44-34-49(70(17,18)19)36-51(35-44)76-50-27-29-54-58-39-47(68(11,12)13)26-31-60(58)74(61(54)41-50)62-40-48(32-33-72-62)69(14,15)16/h21-43,64H,1-20H3/t64-,71+/m0/s1. The first-order chi connectivity index (χ1) is 35.3. The van der Waals surface area contributed by atoms with E-state index in [0.29, 0.717) is 0 Å². The molecule has 2 aromatic heterocycles. The zero-order valence-electron chi connectivity index (χ0n) is 49.6. The van der Waals surface area contributed by atoms with E-state index in [-0.39, 0.29) is 45.0 Å². The van der Waals surface area contributed by atoms with Crippen molar-refractivity contribution in [2.24, 2.45) is 4.99 Å². The van der Waals surface area contributed by atoms with Crippen molar-refractivity contribution in [1.29, 1.82) is 0 Å². The molecule has 2 atom stereocenters. The molecule has 0 spiro atoms. The molecule has 76 heavy (non-hydrogen) atoms. The van der Waals surface area contributed by atoms with E-state index in [9.17, 15) is 0 Å². The molecule has 6 aromatic carbocycles. The summed E-state index contributed by atoms with van der Waals surface area (Å²) in [6.45, 7) is 46.3. The van der Waals surface area contributed by atoms with Crippen LogP contribution in [0.4, 0.5) is 5.69 Å². The van der Waals surface area contributed by atoms with Crippen LogP contribution in [0.5, 0.6) is 11.5 Å². The summed E-state index contributed by atoms with van der Waals surface area (Å²) in [4.78, 5) is 13.9. The van der Waals surface area contributed by atoms with Crippen molar-refractivity contribution >= 4 is 33.3 Å². The minimum atomic E-state index is -0.641. The molecule has 10 rings (SSSR count). The first kappa shape index (κ1) is 53.0. The Morgan fingerprint density at radius 1 is 0.500 bits per heavy atom. The third-order valence-electron chi connectivity index (χ3n) is 16.6. The van der Waals surface area contributed by atoms with Gasteiger partial charge in [0.1, 0.15) is 28.7 Å². The van der Waals surface area contributed by atoms with Gasteiger partial charge in [-0.05, 0) is 162 Å². The molecule has 5 nitrogen and oxygen atoms in total. The van der Waals surface area contributed by atoms with Gasteiger partial charge in [0.05, 0.1) is 22.8 Å². The average molecular weight is 1010 g/mol. The van der Waals surface area contributed by atoms with Crippen LogP contribution in [0.1, 0.15) is 212 Å². The van der Waals surface area contributed by atoms with E-state index < -0.39 is 5.54 Å². The average Bonchev–Trinajstić information content (AvgIpc) is 3.85. The highest BCUT2D eigenvalue weighted by Gasteiger charge is 2.54. The SMILES string of the molecule is CC(C)c1cccc(C(C)C)c1N1C(c2cc(Oc3ccc4c5cc(C(C)(C)C)ccc5n(-c5cc(C(C)(C)C)ccn5)c4c3)cc(C(C)(C)C)c2)=N[C@]2(C)c3ccc(C(C)(C)C)cc3-c3cc(C(C)(C)C)ccc3[C@H]12. The zero-order chi connectivity index (χ0) is 55.0. The predicted octanol–water partition coefficient (Wildman–Crippen LogP) is 19.6. The summed E-state index contributed by atoms with van der Waals surface area (Å²) >= 11 is 0. The molecule has 0 N–H and O–H groups in total. The van der Waals surface area contributed by atoms with E-state index in [0.717, 1.165) is 39.7 Å². The number of benzene rings is 6. The number of anilines is 1. The Kier molecular flexibility index (Phi) is 12.6. The molecule has 0 radical (unpaired) electrons. The summed E-state index contributed by atoms with van der Waals surface area (Å²) in [5.74, 6) is 3.95. The minimum absolute atomic E-state index is 0.00813. The fourth-order valence-corrected chi connectivity index (χ4v) is 11.9. The van der Waals surface area contributed by atoms with Gasteiger partial charge in [0, 0.05) is 28.6 Å². The van der Waals surface area contributed by atoms with Crippen LogP contribution >= 0.6 is 0 Å². The van der Waals surface area contributed by atoms with Crippen LogP contribution < -0.4 is 9.64 Å². The number of rotatable bonds is 7. The van der Waals surface area contributed by atoms with E-state index in [1.165, 1.54) is 77.7 Å². The Hall–Kier alpha value is -6.46. The molecule has 2 aliphatic rings. The molecule has 3 heterocycles. The van der Waals surface area contributed by atoms with Gasteiger partial charge in [0.2, 0.25) is 0 Å². The molecular weight excluding hydrogens is 925 g/mol. The zero-order valence-corrected chi connectivity index (χ0v) is 49.6. The van der Waals surface area contributed by atoms with E-state index >= 15 is 0 Å². The number of ether oxygens (including phenoxy) is 1. The lowest BCUT2D eigenvalue weighted by atomic mass is 9.68. The van der Waals surface area contributed by atoms with Gasteiger partial charge in [0.25, 0.3) is 0 Å². The quantitative estimate of drug-likeness (QED) is 0.160. The number of aromatic nitrogens is 2. The largest absolute Gasteiger partial charge is 0.457 e. The van der Waals surface area contributed by atoms with Crippen LogP contribution in [-0.2, 0) is 32.6 Å². The van der Waals surface area contributed by atoms with Gasteiger partial charge in [-0.2, -0.15) is 0 Å². The molecule has 0 saturated heterocycles. The second-order valence-electron chi connectivity index (χ2n) is 28.3. The molecule has 8 aromatic rings. The summed E-state index contributed by atoms with van der Waals surface area (Å²) in [6, 6.07) is 46.2. The van der Waals surface area contributed by atoms with Crippen LogP contribution in [0, 0.1) is 0 Å². The first-order valence-corrected chi connectivity index (χ1v) is 28.1. The Morgan fingerprint density at radius 2 is 1.07 bits per heavy atom. The first-order valence-electron chi connectivity index (χ1n) is 28.1. The van der Waals surface area contributed by atoms with E-state index in [1.807, 2.05) is 6.20 Å². The molecule has 0 saturated carbocycles. The number of nitrogens with zero attached hydrogens (tertiary/aromatic N) is 4. The summed E-state index contributed by atoms with van der Waals surface area (Å²) in [6.07, 6.45) is 1.95. The van der Waals surface area contributed by atoms with Gasteiger partial charge < -0.3 is 9.64 Å². The number of para-hydroxylation sites is 1. The van der Waals surface area contributed by atoms with Gasteiger partial charge in [-0.3, -0.25) is 9.56 Å². The van der Waals surface area contributed by atoms with Crippen LogP contribution in [-0.4, -0.2) is 15.4 Å². The lowest BCUT2D eigenvalue weighted by molar-refractivity contribution is 0.422. The lowest BCUT2D eigenvalue weighted by Gasteiger charge is -2.44. The summed E-state index contributed by atoms with van der Waals surface area (Å²) < 4.78 is 9.60. The summed E-state index contributed by atoms with van der Waals surface area (Å²) in [7, 11) is 0. The van der Waals surface area contributed by atoms with Crippen molar-refractivity contribution < 1.29 is 4.74 Å². The Morgan fingerprint density at radius 3 is 1.67 bits per heavy atom. The Labute approximate surface area is 455 Å². The number of pyridine rings is 1. The number of hydrogen-bond acceptors (Lipinski definition) is 4. The maximum absolute atomic E-state index is 7.27. The maximum Gasteiger partial charge on any atom is 0.137 e. The van der Waals surface area contributed by atoms with Gasteiger partial charge in [-0.25, -0.2) is 4.98 Å². The molecule has 394 valence electrons. The molecule has 0 fully saturated rings. The number of aliphatic imine (C=N–C) groups is 1. The topological polar surface area (TPSA) is 42.6 Å². The van der Waals surface area contributed by atoms with E-state index in [1.54, 1.807) is 0 Å². The number of hydrogen-bond donors (Lipinski definition) is 0. The smallest absolute Gasteiger partial charge is 0.137 e.